The second-order valence-electron chi connectivity index (χ2n) is 5.34. The minimum Gasteiger partial charge on any atom is -0.468 e. The number of methoxy groups -OCH3 is 1. The standard InChI is InChI=1S/C12H22N2O4S/c1-4-11-10-6-13-5-9(10)7-14(11)19(16,17)8(2)12(15)18-3/h8-11,13H,4-7H2,1-3H3. The minimum absolute atomic E-state index is 0.00268. The van der Waals surface area contributed by atoms with Gasteiger partial charge in [-0.3, -0.25) is 4.79 Å². The van der Waals surface area contributed by atoms with E-state index in [9.17, 15) is 13.2 Å². The molecule has 0 aromatic rings. The lowest BCUT2D eigenvalue weighted by Gasteiger charge is -2.28. The molecule has 0 spiro atoms. The Morgan fingerprint density at radius 1 is 1.47 bits per heavy atom. The summed E-state index contributed by atoms with van der Waals surface area (Å²) < 4.78 is 31.2. The molecule has 0 aliphatic carbocycles. The van der Waals surface area contributed by atoms with Crippen LogP contribution in [0.15, 0.2) is 0 Å². The van der Waals surface area contributed by atoms with Gasteiger partial charge < -0.3 is 10.1 Å². The molecule has 2 heterocycles. The molecule has 4 atom stereocenters. The molecular weight excluding hydrogens is 268 g/mol. The topological polar surface area (TPSA) is 75.7 Å². The number of carbonyl (C=O) groups excluding carboxylic acids is 1. The number of carbonyl (C=O) groups is 1. The zero-order valence-electron chi connectivity index (χ0n) is 11.6. The van der Waals surface area contributed by atoms with E-state index >= 15 is 0 Å². The Hall–Kier alpha value is -0.660. The first-order chi connectivity index (χ1) is 8.93. The molecule has 0 aromatic heterocycles. The Kier molecular flexibility index (Phi) is 4.17. The number of sulfonamides is 1. The smallest absolute Gasteiger partial charge is 0.325 e. The SMILES string of the molecule is CCC1C2CNCC2CN1S(=O)(=O)C(C)C(=O)OC. The average molecular weight is 290 g/mol. The minimum atomic E-state index is -3.62. The van der Waals surface area contributed by atoms with Crippen LogP contribution in [0.3, 0.4) is 0 Å². The fourth-order valence-corrected chi connectivity index (χ4v) is 5.10. The van der Waals surface area contributed by atoms with Gasteiger partial charge in [0.05, 0.1) is 7.11 Å². The molecule has 0 radical (unpaired) electrons. The molecular formula is C12H22N2O4S. The summed E-state index contributed by atoms with van der Waals surface area (Å²) >= 11 is 0. The first kappa shape index (κ1) is 14.7. The fourth-order valence-electron chi connectivity index (χ4n) is 3.27. The van der Waals surface area contributed by atoms with E-state index in [1.807, 2.05) is 6.92 Å². The summed E-state index contributed by atoms with van der Waals surface area (Å²) in [5.41, 5.74) is 0. The molecule has 2 aliphatic heterocycles. The Bertz CT molecular complexity index is 451. The molecule has 110 valence electrons. The molecule has 0 saturated carbocycles. The third-order valence-electron chi connectivity index (χ3n) is 4.40. The van der Waals surface area contributed by atoms with E-state index < -0.39 is 21.2 Å². The van der Waals surface area contributed by atoms with Crippen LogP contribution >= 0.6 is 0 Å². The third-order valence-corrected chi connectivity index (χ3v) is 6.56. The largest absolute Gasteiger partial charge is 0.468 e. The zero-order valence-corrected chi connectivity index (χ0v) is 12.4. The number of nitrogens with one attached hydrogen (secondary N) is 1. The first-order valence-electron chi connectivity index (χ1n) is 6.72. The second kappa shape index (κ2) is 5.38. The van der Waals surface area contributed by atoms with Gasteiger partial charge in [0.15, 0.2) is 5.25 Å². The van der Waals surface area contributed by atoms with E-state index in [4.69, 9.17) is 0 Å². The van der Waals surface area contributed by atoms with Crippen molar-refractivity contribution in [3.05, 3.63) is 0 Å². The van der Waals surface area contributed by atoms with Crippen molar-refractivity contribution >= 4 is 16.0 Å². The van der Waals surface area contributed by atoms with Gasteiger partial charge in [-0.05, 0) is 38.3 Å². The summed E-state index contributed by atoms with van der Waals surface area (Å²) in [6, 6.07) is -0.00268. The number of fused-ring (bicyclic) bond motifs is 1. The Morgan fingerprint density at radius 2 is 2.16 bits per heavy atom. The molecule has 19 heavy (non-hydrogen) atoms. The van der Waals surface area contributed by atoms with Crippen LogP contribution in [0.1, 0.15) is 20.3 Å². The highest BCUT2D eigenvalue weighted by Gasteiger charge is 2.50. The average Bonchev–Trinajstić information content (AvgIpc) is 2.96. The van der Waals surface area contributed by atoms with Crippen molar-refractivity contribution in [1.82, 2.24) is 9.62 Å². The quantitative estimate of drug-likeness (QED) is 0.726. The van der Waals surface area contributed by atoms with Gasteiger partial charge >= 0.3 is 5.97 Å². The van der Waals surface area contributed by atoms with Gasteiger partial charge in [0.2, 0.25) is 10.0 Å². The van der Waals surface area contributed by atoms with Crippen LogP contribution in [0.5, 0.6) is 0 Å². The number of esters is 1. The lowest BCUT2D eigenvalue weighted by molar-refractivity contribution is -0.139. The van der Waals surface area contributed by atoms with E-state index in [1.165, 1.54) is 18.3 Å². The Morgan fingerprint density at radius 3 is 2.74 bits per heavy atom. The highest BCUT2D eigenvalue weighted by Crippen LogP contribution is 2.37. The summed E-state index contributed by atoms with van der Waals surface area (Å²) in [6.45, 7) is 5.64. The lowest BCUT2D eigenvalue weighted by atomic mass is 9.93. The van der Waals surface area contributed by atoms with Crippen molar-refractivity contribution in [3.63, 3.8) is 0 Å². The number of hydrogen-bond acceptors (Lipinski definition) is 5. The predicted octanol–water partition coefficient (Wildman–Crippen LogP) is -0.192. The van der Waals surface area contributed by atoms with Crippen molar-refractivity contribution in [2.75, 3.05) is 26.7 Å². The summed E-state index contributed by atoms with van der Waals surface area (Å²) in [5, 5.41) is 2.18. The maximum absolute atomic E-state index is 12.5. The van der Waals surface area contributed by atoms with Crippen LogP contribution in [0.25, 0.3) is 0 Å². The lowest BCUT2D eigenvalue weighted by Crippen LogP contribution is -2.46. The summed E-state index contributed by atoms with van der Waals surface area (Å²) in [6.07, 6.45) is 0.774. The fraction of sp³-hybridized carbons (Fsp3) is 0.917. The monoisotopic (exact) mass is 290 g/mol. The number of ether oxygens (including phenoxy) is 1. The van der Waals surface area contributed by atoms with Crippen molar-refractivity contribution in [2.45, 2.75) is 31.6 Å². The van der Waals surface area contributed by atoms with Gasteiger partial charge in [-0.15, -0.1) is 0 Å². The van der Waals surface area contributed by atoms with Gasteiger partial charge in [0, 0.05) is 12.6 Å². The third kappa shape index (κ3) is 2.39. The van der Waals surface area contributed by atoms with E-state index in [-0.39, 0.29) is 6.04 Å². The van der Waals surface area contributed by atoms with Crippen LogP contribution in [0, 0.1) is 11.8 Å². The molecule has 7 heteroatoms. The van der Waals surface area contributed by atoms with Crippen molar-refractivity contribution in [3.8, 4) is 0 Å². The van der Waals surface area contributed by atoms with Gasteiger partial charge in [-0.1, -0.05) is 6.92 Å². The van der Waals surface area contributed by atoms with E-state index in [1.54, 1.807) is 0 Å². The maximum Gasteiger partial charge on any atom is 0.325 e. The molecule has 2 rings (SSSR count). The molecule has 2 saturated heterocycles. The second-order valence-corrected chi connectivity index (χ2v) is 7.54. The Balaban J connectivity index is 2.23. The van der Waals surface area contributed by atoms with Crippen molar-refractivity contribution in [1.29, 1.82) is 0 Å². The van der Waals surface area contributed by atoms with Crippen LogP contribution in [0.2, 0.25) is 0 Å². The van der Waals surface area contributed by atoms with E-state index in [2.05, 4.69) is 10.1 Å². The zero-order chi connectivity index (χ0) is 14.2. The van der Waals surface area contributed by atoms with Crippen LogP contribution in [-0.4, -0.2) is 56.7 Å². The van der Waals surface area contributed by atoms with Crippen LogP contribution in [0.4, 0.5) is 0 Å². The maximum atomic E-state index is 12.5. The van der Waals surface area contributed by atoms with Gasteiger partial charge in [0.1, 0.15) is 0 Å². The molecule has 1 N–H and O–H groups in total. The molecule has 0 aromatic carbocycles. The van der Waals surface area contributed by atoms with Crippen LogP contribution in [-0.2, 0) is 19.6 Å². The molecule has 2 aliphatic rings. The highest BCUT2D eigenvalue weighted by atomic mass is 32.2. The van der Waals surface area contributed by atoms with Crippen LogP contribution < -0.4 is 5.32 Å². The summed E-state index contributed by atoms with van der Waals surface area (Å²) in [7, 11) is -2.41. The molecule has 0 amide bonds. The molecule has 4 unspecified atom stereocenters. The molecule has 0 bridgehead atoms. The predicted molar refractivity (Wildman–Crippen MR) is 71.0 cm³/mol. The number of hydrogen-bond donors (Lipinski definition) is 1. The molecule has 2 fully saturated rings. The Labute approximate surface area is 114 Å². The van der Waals surface area contributed by atoms with Gasteiger partial charge in [-0.2, -0.15) is 4.31 Å². The summed E-state index contributed by atoms with van der Waals surface area (Å²) in [5.74, 6) is 0.0410. The van der Waals surface area contributed by atoms with Gasteiger partial charge in [0.25, 0.3) is 0 Å². The van der Waals surface area contributed by atoms with E-state index in [0.717, 1.165) is 19.5 Å². The van der Waals surface area contributed by atoms with Crippen molar-refractivity contribution < 1.29 is 17.9 Å². The molecule has 6 nitrogen and oxygen atoms in total. The highest BCUT2D eigenvalue weighted by molar-refractivity contribution is 7.90. The normalized spacial score (nSPS) is 33.1. The summed E-state index contributed by atoms with van der Waals surface area (Å²) in [4.78, 5) is 11.5. The van der Waals surface area contributed by atoms with Crippen molar-refractivity contribution in [2.24, 2.45) is 11.8 Å². The first-order valence-corrected chi connectivity index (χ1v) is 8.23. The number of rotatable bonds is 4. The number of nitrogens with zero attached hydrogens (tertiary/aromatic N) is 1. The van der Waals surface area contributed by atoms with Gasteiger partial charge in [-0.25, -0.2) is 8.42 Å². The van der Waals surface area contributed by atoms with E-state index in [0.29, 0.717) is 18.4 Å².